The van der Waals surface area contributed by atoms with Gasteiger partial charge < -0.3 is 14.8 Å². The summed E-state index contributed by atoms with van der Waals surface area (Å²) in [6.45, 7) is 3.10. The molecule has 0 aliphatic carbocycles. The van der Waals surface area contributed by atoms with Crippen molar-refractivity contribution >= 4 is 40.9 Å². The van der Waals surface area contributed by atoms with Crippen molar-refractivity contribution in [2.24, 2.45) is 0 Å². The zero-order valence-electron chi connectivity index (χ0n) is 17.1. The van der Waals surface area contributed by atoms with Crippen molar-refractivity contribution < 1.29 is 19.1 Å². The lowest BCUT2D eigenvalue weighted by Crippen LogP contribution is -2.31. The number of anilines is 1. The Morgan fingerprint density at radius 2 is 1.94 bits per heavy atom. The molecule has 9 nitrogen and oxygen atoms in total. The van der Waals surface area contributed by atoms with Gasteiger partial charge in [0.1, 0.15) is 5.75 Å². The Kier molecular flexibility index (Phi) is 6.99. The lowest BCUT2D eigenvalue weighted by Gasteiger charge is -2.16. The van der Waals surface area contributed by atoms with Crippen LogP contribution in [-0.4, -0.2) is 45.3 Å². The molecule has 0 bridgehead atoms. The minimum Gasteiger partial charge on any atom is -0.495 e. The fourth-order valence-corrected chi connectivity index (χ4v) is 2.83. The van der Waals surface area contributed by atoms with E-state index in [1.807, 2.05) is 30.3 Å². The molecule has 0 saturated heterocycles. The second-order valence-corrected chi connectivity index (χ2v) is 6.90. The predicted octanol–water partition coefficient (Wildman–Crippen LogP) is 3.21. The smallest absolute Gasteiger partial charge is 0.357 e. The quantitative estimate of drug-likeness (QED) is 0.443. The van der Waals surface area contributed by atoms with Crippen LogP contribution in [0.15, 0.2) is 48.5 Å². The fraction of sp³-hybridized carbons (Fsp3) is 0.190. The van der Waals surface area contributed by atoms with E-state index in [1.165, 1.54) is 24.8 Å². The van der Waals surface area contributed by atoms with Crippen LogP contribution in [-0.2, 0) is 14.3 Å². The highest BCUT2D eigenvalue weighted by Gasteiger charge is 2.24. The Bertz CT molecular complexity index is 1110. The molecule has 1 heterocycles. The molecule has 2 aromatic carbocycles. The SMILES string of the molecule is COc1ccc(Cl)cc1NC(=O)C(C)OC(=O)C(=Cc1ccccc1)n1nnnc1C. The van der Waals surface area contributed by atoms with Gasteiger partial charge in [-0.3, -0.25) is 4.79 Å². The number of aryl methyl sites for hydroxylation is 1. The number of carbonyl (C=O) groups excluding carboxylic acids is 2. The van der Waals surface area contributed by atoms with Crippen LogP contribution in [0.1, 0.15) is 18.3 Å². The van der Waals surface area contributed by atoms with E-state index < -0.39 is 18.0 Å². The molecule has 1 atom stereocenters. The lowest BCUT2D eigenvalue weighted by molar-refractivity contribution is -0.147. The van der Waals surface area contributed by atoms with Gasteiger partial charge in [-0.2, -0.15) is 4.68 Å². The van der Waals surface area contributed by atoms with Crippen LogP contribution in [0.5, 0.6) is 5.75 Å². The maximum absolute atomic E-state index is 12.9. The number of hydrogen-bond acceptors (Lipinski definition) is 7. The van der Waals surface area contributed by atoms with Gasteiger partial charge in [0.05, 0.1) is 12.8 Å². The largest absolute Gasteiger partial charge is 0.495 e. The third-order valence-electron chi connectivity index (χ3n) is 4.24. The molecule has 1 unspecified atom stereocenters. The number of nitrogens with zero attached hydrogens (tertiary/aromatic N) is 4. The number of aromatic nitrogens is 4. The van der Waals surface area contributed by atoms with Crippen LogP contribution in [0.25, 0.3) is 11.8 Å². The maximum atomic E-state index is 12.9. The minimum absolute atomic E-state index is 0.0636. The van der Waals surface area contributed by atoms with Gasteiger partial charge in [0, 0.05) is 5.02 Å². The number of rotatable bonds is 7. The van der Waals surface area contributed by atoms with Crippen molar-refractivity contribution in [2.75, 3.05) is 12.4 Å². The van der Waals surface area contributed by atoms with Crippen molar-refractivity contribution in [3.63, 3.8) is 0 Å². The van der Waals surface area contributed by atoms with Crippen molar-refractivity contribution in [3.8, 4) is 5.75 Å². The Morgan fingerprint density at radius 1 is 1.19 bits per heavy atom. The van der Waals surface area contributed by atoms with Crippen molar-refractivity contribution in [2.45, 2.75) is 20.0 Å². The summed E-state index contributed by atoms with van der Waals surface area (Å²) in [5.41, 5.74) is 1.16. The van der Waals surface area contributed by atoms with Gasteiger partial charge in [-0.05, 0) is 54.1 Å². The van der Waals surface area contributed by atoms with Gasteiger partial charge in [0.2, 0.25) is 0 Å². The molecule has 0 radical (unpaired) electrons. The van der Waals surface area contributed by atoms with Crippen LogP contribution in [0.4, 0.5) is 5.69 Å². The Hall–Kier alpha value is -3.72. The van der Waals surface area contributed by atoms with Gasteiger partial charge in [-0.15, -0.1) is 5.10 Å². The molecule has 31 heavy (non-hydrogen) atoms. The highest BCUT2D eigenvalue weighted by molar-refractivity contribution is 6.31. The standard InChI is InChI=1S/C21H20ClN5O4/c1-13(20(28)23-17-12-16(22)9-10-19(17)30-3)31-21(29)18(27-14(2)24-25-26-27)11-15-7-5-4-6-8-15/h4-13H,1-3H3,(H,23,28). The molecule has 0 saturated carbocycles. The van der Waals surface area contributed by atoms with Crippen molar-refractivity contribution in [3.05, 3.63) is 64.9 Å². The number of methoxy groups -OCH3 is 1. The summed E-state index contributed by atoms with van der Waals surface area (Å²) in [5, 5.41) is 14.3. The molecule has 0 spiro atoms. The van der Waals surface area contributed by atoms with Gasteiger partial charge >= 0.3 is 5.97 Å². The number of nitrogens with one attached hydrogen (secondary N) is 1. The minimum atomic E-state index is -1.12. The van der Waals surface area contributed by atoms with E-state index >= 15 is 0 Å². The monoisotopic (exact) mass is 441 g/mol. The van der Waals surface area contributed by atoms with Gasteiger partial charge in [-0.1, -0.05) is 41.9 Å². The van der Waals surface area contributed by atoms with Crippen LogP contribution < -0.4 is 10.1 Å². The number of amides is 1. The summed E-state index contributed by atoms with van der Waals surface area (Å²) in [6.07, 6.45) is 0.461. The number of tetrazole rings is 1. The number of halogens is 1. The van der Waals surface area contributed by atoms with E-state index in [9.17, 15) is 9.59 Å². The number of esters is 1. The first-order valence-electron chi connectivity index (χ1n) is 9.26. The molecule has 0 aliphatic rings. The van der Waals surface area contributed by atoms with Crippen LogP contribution >= 0.6 is 11.6 Å². The molecule has 1 amide bonds. The van der Waals surface area contributed by atoms with Gasteiger partial charge in [-0.25, -0.2) is 4.79 Å². The molecule has 160 valence electrons. The normalized spacial score (nSPS) is 12.2. The summed E-state index contributed by atoms with van der Waals surface area (Å²) >= 11 is 5.99. The molecule has 0 aliphatic heterocycles. The Balaban J connectivity index is 1.80. The van der Waals surface area contributed by atoms with Crippen LogP contribution in [0, 0.1) is 6.92 Å². The molecule has 3 aromatic rings. The average Bonchev–Trinajstić information content (AvgIpc) is 3.18. The number of carbonyl (C=O) groups is 2. The second-order valence-electron chi connectivity index (χ2n) is 6.46. The van der Waals surface area contributed by atoms with E-state index in [4.69, 9.17) is 21.1 Å². The number of hydrogen-bond donors (Lipinski definition) is 1. The summed E-state index contributed by atoms with van der Waals surface area (Å²) in [5.74, 6) is -0.508. The summed E-state index contributed by atoms with van der Waals surface area (Å²) in [7, 11) is 1.47. The Labute approximate surface area is 183 Å². The molecule has 0 fully saturated rings. The average molecular weight is 442 g/mol. The molecule has 1 N–H and O–H groups in total. The topological polar surface area (TPSA) is 108 Å². The zero-order valence-corrected chi connectivity index (χ0v) is 17.8. The molecular weight excluding hydrogens is 422 g/mol. The number of ether oxygens (including phenoxy) is 2. The van der Waals surface area contributed by atoms with E-state index in [1.54, 1.807) is 25.1 Å². The van der Waals surface area contributed by atoms with Crippen molar-refractivity contribution in [1.82, 2.24) is 20.2 Å². The first-order valence-corrected chi connectivity index (χ1v) is 9.64. The maximum Gasteiger partial charge on any atom is 0.357 e. The summed E-state index contributed by atoms with van der Waals surface area (Å²) < 4.78 is 11.9. The van der Waals surface area contributed by atoms with Gasteiger partial charge in [0.25, 0.3) is 5.91 Å². The third-order valence-corrected chi connectivity index (χ3v) is 4.47. The highest BCUT2D eigenvalue weighted by Crippen LogP contribution is 2.28. The van der Waals surface area contributed by atoms with E-state index in [0.29, 0.717) is 22.3 Å². The number of benzene rings is 2. The van der Waals surface area contributed by atoms with E-state index in [0.717, 1.165) is 5.56 Å². The fourth-order valence-electron chi connectivity index (χ4n) is 2.65. The van der Waals surface area contributed by atoms with E-state index in [-0.39, 0.29) is 5.70 Å². The molecular formula is C21H20ClN5O4. The third kappa shape index (κ3) is 5.46. The second kappa shape index (κ2) is 9.86. The van der Waals surface area contributed by atoms with Gasteiger partial charge in [0.15, 0.2) is 17.6 Å². The zero-order chi connectivity index (χ0) is 22.4. The first-order chi connectivity index (χ1) is 14.9. The van der Waals surface area contributed by atoms with Crippen LogP contribution in [0.2, 0.25) is 5.02 Å². The summed E-state index contributed by atoms with van der Waals surface area (Å²) in [4.78, 5) is 25.5. The molecule has 10 heteroatoms. The van der Waals surface area contributed by atoms with E-state index in [2.05, 4.69) is 20.8 Å². The predicted molar refractivity (Wildman–Crippen MR) is 115 cm³/mol. The molecule has 1 aromatic heterocycles. The highest BCUT2D eigenvalue weighted by atomic mass is 35.5. The first kappa shape index (κ1) is 22.0. The molecule has 3 rings (SSSR count). The Morgan fingerprint density at radius 3 is 2.58 bits per heavy atom. The lowest BCUT2D eigenvalue weighted by atomic mass is 10.2. The summed E-state index contributed by atoms with van der Waals surface area (Å²) in [6, 6.07) is 13.9. The van der Waals surface area contributed by atoms with Crippen LogP contribution in [0.3, 0.4) is 0 Å². The van der Waals surface area contributed by atoms with Crippen molar-refractivity contribution in [1.29, 1.82) is 0 Å².